The SMILES string of the molecule is O=C(/C=C/c1ccc(Cl)c([N+](=O)[O-])c1)OCc1cc(Cl)cc2c1OCOC2. The third kappa shape index (κ3) is 4.77. The number of fused-ring (bicyclic) bond motifs is 1. The number of carbonyl (C=O) groups excluding carboxylic acids is 1. The fraction of sp³-hybridized carbons (Fsp3) is 0.167. The molecule has 0 N–H and O–H groups in total. The average molecular weight is 410 g/mol. The van der Waals surface area contributed by atoms with Crippen molar-refractivity contribution in [2.75, 3.05) is 6.79 Å². The molecule has 0 radical (unpaired) electrons. The van der Waals surface area contributed by atoms with Crippen LogP contribution in [0.3, 0.4) is 0 Å². The number of hydrogen-bond acceptors (Lipinski definition) is 6. The average Bonchev–Trinajstić information content (AvgIpc) is 2.65. The van der Waals surface area contributed by atoms with Crippen molar-refractivity contribution < 1.29 is 23.9 Å². The predicted octanol–water partition coefficient (Wildman–Crippen LogP) is 4.52. The summed E-state index contributed by atoms with van der Waals surface area (Å²) in [5, 5.41) is 11.4. The summed E-state index contributed by atoms with van der Waals surface area (Å²) in [6.07, 6.45) is 2.58. The molecule has 0 fully saturated rings. The number of carbonyl (C=O) groups is 1. The zero-order valence-corrected chi connectivity index (χ0v) is 15.3. The van der Waals surface area contributed by atoms with E-state index in [-0.39, 0.29) is 24.1 Å². The van der Waals surface area contributed by atoms with Crippen LogP contribution in [0.15, 0.2) is 36.4 Å². The number of nitro benzene ring substituents is 1. The molecular formula is C18H13Cl2NO6. The minimum absolute atomic E-state index is 0.0226. The number of halogens is 2. The Labute approximate surface area is 164 Å². The molecule has 0 bridgehead atoms. The first-order valence-corrected chi connectivity index (χ1v) is 8.50. The Kier molecular flexibility index (Phi) is 5.95. The van der Waals surface area contributed by atoms with Gasteiger partial charge in [0.05, 0.1) is 11.5 Å². The van der Waals surface area contributed by atoms with E-state index < -0.39 is 10.9 Å². The molecule has 0 unspecified atom stereocenters. The molecule has 7 nitrogen and oxygen atoms in total. The summed E-state index contributed by atoms with van der Waals surface area (Å²) in [5.74, 6) is -0.0239. The first kappa shape index (κ1) is 19.2. The molecule has 1 heterocycles. The van der Waals surface area contributed by atoms with Gasteiger partial charge >= 0.3 is 5.97 Å². The van der Waals surface area contributed by atoms with E-state index >= 15 is 0 Å². The molecule has 2 aromatic carbocycles. The van der Waals surface area contributed by atoms with E-state index in [0.717, 1.165) is 5.56 Å². The highest BCUT2D eigenvalue weighted by Gasteiger charge is 2.17. The van der Waals surface area contributed by atoms with Crippen molar-refractivity contribution in [3.05, 3.63) is 73.3 Å². The second-order valence-corrected chi connectivity index (χ2v) is 6.42. The van der Waals surface area contributed by atoms with Gasteiger partial charge in [-0.05, 0) is 29.8 Å². The summed E-state index contributed by atoms with van der Waals surface area (Å²) < 4.78 is 15.9. The Morgan fingerprint density at radius 2 is 2.11 bits per heavy atom. The van der Waals surface area contributed by atoms with Gasteiger partial charge in [-0.1, -0.05) is 29.3 Å². The van der Waals surface area contributed by atoms with Gasteiger partial charge < -0.3 is 14.2 Å². The molecule has 0 saturated carbocycles. The summed E-state index contributed by atoms with van der Waals surface area (Å²) in [6.45, 7) is 0.448. The molecule has 0 aromatic heterocycles. The summed E-state index contributed by atoms with van der Waals surface area (Å²) in [7, 11) is 0. The summed E-state index contributed by atoms with van der Waals surface area (Å²) >= 11 is 11.8. The lowest BCUT2D eigenvalue weighted by Crippen LogP contribution is -2.14. The molecule has 1 aliphatic rings. The molecule has 27 heavy (non-hydrogen) atoms. The second kappa shape index (κ2) is 8.39. The van der Waals surface area contributed by atoms with Gasteiger partial charge in [-0.2, -0.15) is 0 Å². The van der Waals surface area contributed by atoms with Crippen LogP contribution in [0.1, 0.15) is 16.7 Å². The van der Waals surface area contributed by atoms with Crippen molar-refractivity contribution in [3.8, 4) is 5.75 Å². The maximum Gasteiger partial charge on any atom is 0.331 e. The van der Waals surface area contributed by atoms with Crippen molar-refractivity contribution in [3.63, 3.8) is 0 Å². The highest BCUT2D eigenvalue weighted by molar-refractivity contribution is 6.32. The van der Waals surface area contributed by atoms with Crippen LogP contribution in [0.5, 0.6) is 5.75 Å². The van der Waals surface area contributed by atoms with E-state index in [0.29, 0.717) is 28.5 Å². The van der Waals surface area contributed by atoms with Crippen LogP contribution >= 0.6 is 23.2 Å². The molecule has 0 amide bonds. The van der Waals surface area contributed by atoms with E-state index in [1.807, 2.05) is 0 Å². The van der Waals surface area contributed by atoms with Gasteiger partial charge in [0.15, 0.2) is 6.79 Å². The summed E-state index contributed by atoms with van der Waals surface area (Å²) in [5.41, 5.74) is 1.62. The number of nitrogens with zero attached hydrogens (tertiary/aromatic N) is 1. The normalized spacial score (nSPS) is 13.1. The van der Waals surface area contributed by atoms with E-state index in [9.17, 15) is 14.9 Å². The smallest absolute Gasteiger partial charge is 0.331 e. The van der Waals surface area contributed by atoms with Gasteiger partial charge in [0, 0.05) is 28.3 Å². The number of benzene rings is 2. The van der Waals surface area contributed by atoms with Gasteiger partial charge in [0.25, 0.3) is 5.69 Å². The maximum absolute atomic E-state index is 12.0. The van der Waals surface area contributed by atoms with Crippen LogP contribution in [0.2, 0.25) is 10.0 Å². The Morgan fingerprint density at radius 1 is 1.30 bits per heavy atom. The van der Waals surface area contributed by atoms with Crippen molar-refractivity contribution in [1.29, 1.82) is 0 Å². The third-order valence-corrected chi connectivity index (χ3v) is 4.24. The molecule has 3 rings (SSSR count). The quantitative estimate of drug-likeness (QED) is 0.312. The molecule has 0 aliphatic carbocycles. The second-order valence-electron chi connectivity index (χ2n) is 5.57. The zero-order chi connectivity index (χ0) is 19.4. The number of rotatable bonds is 5. The molecule has 140 valence electrons. The number of ether oxygens (including phenoxy) is 3. The maximum atomic E-state index is 12.0. The van der Waals surface area contributed by atoms with E-state index in [1.165, 1.54) is 24.3 Å². The van der Waals surface area contributed by atoms with Crippen LogP contribution in [0.25, 0.3) is 6.08 Å². The zero-order valence-electron chi connectivity index (χ0n) is 13.8. The fourth-order valence-corrected chi connectivity index (χ4v) is 2.95. The fourth-order valence-electron chi connectivity index (χ4n) is 2.50. The summed E-state index contributed by atoms with van der Waals surface area (Å²) in [4.78, 5) is 22.3. The van der Waals surface area contributed by atoms with Crippen molar-refractivity contribution in [2.45, 2.75) is 13.2 Å². The molecule has 0 atom stereocenters. The molecule has 0 saturated heterocycles. The largest absolute Gasteiger partial charge is 0.467 e. The standard InChI is InChI=1S/C18H13Cl2NO6/c19-14-6-12-8-25-10-27-18(12)13(7-14)9-26-17(22)4-2-11-1-3-15(20)16(5-11)21(23)24/h1-7H,8-10H2/b4-2+. The van der Waals surface area contributed by atoms with E-state index in [1.54, 1.807) is 18.2 Å². The van der Waals surface area contributed by atoms with Gasteiger partial charge in [-0.25, -0.2) is 4.79 Å². The van der Waals surface area contributed by atoms with Crippen LogP contribution in [0, 0.1) is 10.1 Å². The predicted molar refractivity (Wildman–Crippen MR) is 98.7 cm³/mol. The Balaban J connectivity index is 1.67. The minimum atomic E-state index is -0.617. The number of nitro groups is 1. The van der Waals surface area contributed by atoms with Gasteiger partial charge in [0.2, 0.25) is 0 Å². The topological polar surface area (TPSA) is 87.9 Å². The molecule has 0 spiro atoms. The highest BCUT2D eigenvalue weighted by atomic mass is 35.5. The molecule has 1 aliphatic heterocycles. The van der Waals surface area contributed by atoms with Crippen LogP contribution in [0.4, 0.5) is 5.69 Å². The Hall–Kier alpha value is -2.61. The van der Waals surface area contributed by atoms with Gasteiger partial charge in [0.1, 0.15) is 17.4 Å². The van der Waals surface area contributed by atoms with E-state index in [4.69, 9.17) is 37.4 Å². The summed E-state index contributed by atoms with van der Waals surface area (Å²) in [6, 6.07) is 7.61. The number of hydrogen-bond donors (Lipinski definition) is 0. The number of esters is 1. The highest BCUT2D eigenvalue weighted by Crippen LogP contribution is 2.32. The lowest BCUT2D eigenvalue weighted by atomic mass is 10.1. The van der Waals surface area contributed by atoms with E-state index in [2.05, 4.69) is 0 Å². The van der Waals surface area contributed by atoms with Gasteiger partial charge in [-0.3, -0.25) is 10.1 Å². The monoisotopic (exact) mass is 409 g/mol. The van der Waals surface area contributed by atoms with Crippen molar-refractivity contribution in [1.82, 2.24) is 0 Å². The Bertz CT molecular complexity index is 928. The first-order chi connectivity index (χ1) is 12.9. The lowest BCUT2D eigenvalue weighted by Gasteiger charge is -2.20. The van der Waals surface area contributed by atoms with Crippen LogP contribution in [-0.2, 0) is 27.5 Å². The molecular weight excluding hydrogens is 397 g/mol. The van der Waals surface area contributed by atoms with Crippen LogP contribution in [-0.4, -0.2) is 17.7 Å². The minimum Gasteiger partial charge on any atom is -0.467 e. The first-order valence-electron chi connectivity index (χ1n) is 7.74. The van der Waals surface area contributed by atoms with Gasteiger partial charge in [-0.15, -0.1) is 0 Å². The lowest BCUT2D eigenvalue weighted by molar-refractivity contribution is -0.384. The third-order valence-electron chi connectivity index (χ3n) is 3.70. The Morgan fingerprint density at radius 3 is 2.89 bits per heavy atom. The van der Waals surface area contributed by atoms with Crippen molar-refractivity contribution in [2.24, 2.45) is 0 Å². The van der Waals surface area contributed by atoms with Crippen molar-refractivity contribution >= 4 is 40.9 Å². The molecule has 9 heteroatoms. The molecule has 2 aromatic rings. The van der Waals surface area contributed by atoms with Crippen LogP contribution < -0.4 is 4.74 Å².